The van der Waals surface area contributed by atoms with Gasteiger partial charge in [-0.3, -0.25) is 4.79 Å². The molecule has 0 spiro atoms. The van der Waals surface area contributed by atoms with Gasteiger partial charge in [0.25, 0.3) is 0 Å². The summed E-state index contributed by atoms with van der Waals surface area (Å²) in [5.41, 5.74) is 5.37. The summed E-state index contributed by atoms with van der Waals surface area (Å²) in [6.45, 7) is 4.17. The van der Waals surface area contributed by atoms with Gasteiger partial charge in [-0.1, -0.05) is 0 Å². The third-order valence-electron chi connectivity index (χ3n) is 6.00. The Morgan fingerprint density at radius 1 is 1.45 bits per heavy atom. The van der Waals surface area contributed by atoms with E-state index in [2.05, 4.69) is 0 Å². The lowest BCUT2D eigenvalue weighted by Gasteiger charge is -2.25. The minimum absolute atomic E-state index is 0.0688. The Labute approximate surface area is 165 Å². The first kappa shape index (κ1) is 19.8. The Bertz CT molecular complexity index is 1080. The fourth-order valence-corrected chi connectivity index (χ4v) is 4.41. The van der Waals surface area contributed by atoms with Gasteiger partial charge in [-0.2, -0.15) is 0 Å². The molecule has 3 N–H and O–H groups in total. The highest BCUT2D eigenvalue weighted by Crippen LogP contribution is 2.43. The van der Waals surface area contributed by atoms with Crippen molar-refractivity contribution in [2.45, 2.75) is 44.1 Å². The van der Waals surface area contributed by atoms with Gasteiger partial charge in [-0.25, -0.2) is 13.6 Å². The molecule has 1 aliphatic carbocycles. The normalized spacial score (nSPS) is 28.9. The van der Waals surface area contributed by atoms with Crippen LogP contribution in [0.2, 0.25) is 0 Å². The molecule has 2 unspecified atom stereocenters. The Balaban J connectivity index is 1.97. The number of benzene rings is 1. The van der Waals surface area contributed by atoms with Gasteiger partial charge < -0.3 is 25.0 Å². The van der Waals surface area contributed by atoms with E-state index in [0.717, 1.165) is 6.07 Å². The van der Waals surface area contributed by atoms with Crippen LogP contribution in [-0.2, 0) is 4.74 Å². The standard InChI is InChI=1S/C20H23F2N3O4/c1-9-16-10(18(26)11(19(27)28)6-25(16)14-5-12(14)21)4-13(22)17(9)24-7-15(29-3)20(2,23)8-24/h4,6,12,14-15H,5,7-8,23H2,1-3H3,(H,27,28)/t12-,14+,15?,20?/m0/s1. The molecule has 1 aromatic heterocycles. The van der Waals surface area contributed by atoms with Crippen LogP contribution in [0.15, 0.2) is 17.1 Å². The van der Waals surface area contributed by atoms with Gasteiger partial charge in [0, 0.05) is 38.2 Å². The van der Waals surface area contributed by atoms with Crippen LogP contribution in [0.5, 0.6) is 0 Å². The van der Waals surface area contributed by atoms with E-state index in [1.54, 1.807) is 18.9 Å². The van der Waals surface area contributed by atoms with Crippen molar-refractivity contribution in [1.82, 2.24) is 4.57 Å². The lowest BCUT2D eigenvalue weighted by molar-refractivity contribution is 0.0694. The first-order chi connectivity index (χ1) is 13.6. The number of carboxylic acids is 1. The van der Waals surface area contributed by atoms with Gasteiger partial charge >= 0.3 is 5.97 Å². The number of hydrogen-bond donors (Lipinski definition) is 2. The highest BCUT2D eigenvalue weighted by molar-refractivity contribution is 5.95. The summed E-state index contributed by atoms with van der Waals surface area (Å²) >= 11 is 0. The van der Waals surface area contributed by atoms with Crippen molar-refractivity contribution < 1.29 is 23.4 Å². The van der Waals surface area contributed by atoms with Crippen molar-refractivity contribution in [2.75, 3.05) is 25.1 Å². The van der Waals surface area contributed by atoms with Crippen molar-refractivity contribution in [3.05, 3.63) is 39.4 Å². The molecule has 1 saturated carbocycles. The van der Waals surface area contributed by atoms with E-state index in [4.69, 9.17) is 10.5 Å². The second-order valence-electron chi connectivity index (χ2n) is 8.24. The van der Waals surface area contributed by atoms with Crippen LogP contribution in [0.3, 0.4) is 0 Å². The highest BCUT2D eigenvalue weighted by atomic mass is 19.1. The predicted octanol–water partition coefficient (Wildman–Crippen LogP) is 1.98. The molecule has 9 heteroatoms. The largest absolute Gasteiger partial charge is 0.477 e. The van der Waals surface area contributed by atoms with Crippen LogP contribution >= 0.6 is 0 Å². The summed E-state index contributed by atoms with van der Waals surface area (Å²) in [6, 6.07) is 0.477. The number of fused-ring (bicyclic) bond motifs is 1. The maximum Gasteiger partial charge on any atom is 0.341 e. The molecule has 1 saturated heterocycles. The van der Waals surface area contributed by atoms with E-state index in [1.165, 1.54) is 10.8 Å². The minimum Gasteiger partial charge on any atom is -0.477 e. The number of alkyl halides is 1. The third kappa shape index (κ3) is 3.00. The van der Waals surface area contributed by atoms with Gasteiger partial charge in [0.05, 0.1) is 28.9 Å². The number of rotatable bonds is 4. The minimum atomic E-state index is -1.43. The molecule has 0 bridgehead atoms. The number of nitrogens with two attached hydrogens (primary N) is 1. The maximum atomic E-state index is 15.2. The van der Waals surface area contributed by atoms with Crippen molar-refractivity contribution >= 4 is 22.6 Å². The van der Waals surface area contributed by atoms with E-state index in [9.17, 15) is 19.1 Å². The number of aryl methyl sites for hydroxylation is 1. The summed E-state index contributed by atoms with van der Waals surface area (Å²) in [6.07, 6.45) is -0.0556. The Morgan fingerprint density at radius 2 is 2.10 bits per heavy atom. The Hall–Kier alpha value is -2.52. The zero-order chi connectivity index (χ0) is 21.2. The third-order valence-corrected chi connectivity index (χ3v) is 6.00. The molecule has 29 heavy (non-hydrogen) atoms. The number of pyridine rings is 1. The lowest BCUT2D eigenvalue weighted by atomic mass is 10.0. The fourth-order valence-electron chi connectivity index (χ4n) is 4.41. The summed E-state index contributed by atoms with van der Waals surface area (Å²) in [5.74, 6) is -2.08. The molecule has 2 aliphatic rings. The molecule has 1 aromatic carbocycles. The van der Waals surface area contributed by atoms with Gasteiger partial charge in [-0.05, 0) is 25.5 Å². The van der Waals surface area contributed by atoms with E-state index in [0.29, 0.717) is 24.2 Å². The van der Waals surface area contributed by atoms with E-state index in [1.807, 2.05) is 6.92 Å². The van der Waals surface area contributed by atoms with Crippen molar-refractivity contribution in [2.24, 2.45) is 5.73 Å². The maximum absolute atomic E-state index is 15.2. The summed E-state index contributed by atoms with van der Waals surface area (Å²) in [5, 5.41) is 9.29. The number of hydrogen-bond acceptors (Lipinski definition) is 5. The zero-order valence-corrected chi connectivity index (χ0v) is 16.4. The number of nitrogens with zero attached hydrogens (tertiary/aromatic N) is 2. The van der Waals surface area contributed by atoms with Gasteiger partial charge in [0.2, 0.25) is 5.43 Å². The number of anilines is 1. The average Bonchev–Trinajstić information content (AvgIpc) is 3.27. The van der Waals surface area contributed by atoms with Crippen LogP contribution in [0.1, 0.15) is 35.3 Å². The van der Waals surface area contributed by atoms with Crippen molar-refractivity contribution in [3.8, 4) is 0 Å². The van der Waals surface area contributed by atoms with E-state index >= 15 is 4.39 Å². The number of aromatic nitrogens is 1. The summed E-state index contributed by atoms with van der Waals surface area (Å²) < 4.78 is 35.9. The second kappa shape index (κ2) is 6.50. The molecule has 1 aliphatic heterocycles. The Morgan fingerprint density at radius 3 is 2.62 bits per heavy atom. The molecule has 2 aromatic rings. The van der Waals surface area contributed by atoms with Crippen molar-refractivity contribution in [3.63, 3.8) is 0 Å². The molecule has 0 amide bonds. The predicted molar refractivity (Wildman–Crippen MR) is 104 cm³/mol. The van der Waals surface area contributed by atoms with Crippen molar-refractivity contribution in [1.29, 1.82) is 0 Å². The summed E-state index contributed by atoms with van der Waals surface area (Å²) in [7, 11) is 1.54. The topological polar surface area (TPSA) is 97.8 Å². The molecule has 7 nitrogen and oxygen atoms in total. The molecular weight excluding hydrogens is 384 g/mol. The second-order valence-corrected chi connectivity index (χ2v) is 8.24. The first-order valence-corrected chi connectivity index (χ1v) is 9.38. The molecule has 2 fully saturated rings. The smallest absolute Gasteiger partial charge is 0.341 e. The molecule has 2 heterocycles. The number of methoxy groups -OCH3 is 1. The van der Waals surface area contributed by atoms with Crippen LogP contribution < -0.4 is 16.1 Å². The molecule has 4 rings (SSSR count). The zero-order valence-electron chi connectivity index (χ0n) is 16.4. The monoisotopic (exact) mass is 407 g/mol. The average molecular weight is 407 g/mol. The number of aromatic carboxylic acids is 1. The van der Waals surface area contributed by atoms with Crippen LogP contribution in [-0.4, -0.2) is 53.7 Å². The fraction of sp³-hybridized carbons (Fsp3) is 0.500. The van der Waals surface area contributed by atoms with Gasteiger partial charge in [-0.15, -0.1) is 0 Å². The van der Waals surface area contributed by atoms with Crippen LogP contribution in [0.25, 0.3) is 10.9 Å². The quantitative estimate of drug-likeness (QED) is 0.805. The van der Waals surface area contributed by atoms with Gasteiger partial charge in [0.15, 0.2) is 0 Å². The highest BCUT2D eigenvalue weighted by Gasteiger charge is 2.43. The number of ether oxygens (including phenoxy) is 1. The molecule has 4 atom stereocenters. The van der Waals surface area contributed by atoms with Gasteiger partial charge in [0.1, 0.15) is 17.6 Å². The molecular formula is C20H23F2N3O4. The molecule has 0 radical (unpaired) electrons. The van der Waals surface area contributed by atoms with E-state index < -0.39 is 40.5 Å². The van der Waals surface area contributed by atoms with E-state index in [-0.39, 0.29) is 23.6 Å². The lowest BCUT2D eigenvalue weighted by Crippen LogP contribution is -2.48. The number of carboxylic acid groups (broad SMARTS) is 1. The Kier molecular flexibility index (Phi) is 4.43. The summed E-state index contributed by atoms with van der Waals surface area (Å²) in [4.78, 5) is 25.9. The number of halogens is 2. The van der Waals surface area contributed by atoms with Crippen LogP contribution in [0.4, 0.5) is 14.5 Å². The SMILES string of the molecule is COC1CN(c2c(F)cc3c(=O)c(C(=O)O)cn([C@@H]4C[C@@H]4F)c3c2C)CC1(C)N. The number of carbonyl (C=O) groups is 1. The van der Waals surface area contributed by atoms with Crippen LogP contribution in [0, 0.1) is 12.7 Å². The first-order valence-electron chi connectivity index (χ1n) is 9.38. The molecule has 156 valence electrons.